The van der Waals surface area contributed by atoms with Crippen molar-refractivity contribution in [3.8, 4) is 17.0 Å². The van der Waals surface area contributed by atoms with Crippen molar-refractivity contribution in [2.24, 2.45) is 0 Å². The molecule has 2 heterocycles. The lowest BCUT2D eigenvalue weighted by molar-refractivity contribution is 0.193. The van der Waals surface area contributed by atoms with Gasteiger partial charge in [0.1, 0.15) is 11.6 Å². The molecule has 0 radical (unpaired) electrons. The van der Waals surface area contributed by atoms with Crippen LogP contribution in [-0.2, 0) is 19.4 Å². The highest BCUT2D eigenvalue weighted by molar-refractivity contribution is 5.59. The first-order valence-corrected chi connectivity index (χ1v) is 12.4. The lowest BCUT2D eigenvalue weighted by Crippen LogP contribution is -2.45. The van der Waals surface area contributed by atoms with E-state index in [9.17, 15) is 5.11 Å². The summed E-state index contributed by atoms with van der Waals surface area (Å²) >= 11 is 0. The van der Waals surface area contributed by atoms with E-state index in [0.29, 0.717) is 11.8 Å². The topological polar surface area (TPSA) is 61.3 Å². The molecule has 1 aromatic heterocycles. The molecule has 1 saturated heterocycles. The molecule has 2 N–H and O–H groups in total. The van der Waals surface area contributed by atoms with Crippen LogP contribution in [0.2, 0.25) is 0 Å². The first-order valence-electron chi connectivity index (χ1n) is 12.4. The highest BCUT2D eigenvalue weighted by Gasteiger charge is 2.20. The van der Waals surface area contributed by atoms with Crippen molar-refractivity contribution < 1.29 is 5.11 Å². The van der Waals surface area contributed by atoms with Crippen LogP contribution in [0.25, 0.3) is 11.3 Å². The average molecular weight is 465 g/mol. The van der Waals surface area contributed by atoms with E-state index in [1.807, 2.05) is 24.4 Å². The van der Waals surface area contributed by atoms with Gasteiger partial charge in [0.25, 0.3) is 0 Å². The number of benzene rings is 3. The average Bonchev–Trinajstić information content (AvgIpc) is 2.91. The number of rotatable bonds is 8. The summed E-state index contributed by atoms with van der Waals surface area (Å²) in [5, 5.41) is 13.1. The maximum atomic E-state index is 9.44. The van der Waals surface area contributed by atoms with Gasteiger partial charge in [0, 0.05) is 50.4 Å². The van der Waals surface area contributed by atoms with E-state index in [1.54, 1.807) is 12.1 Å². The highest BCUT2D eigenvalue weighted by Crippen LogP contribution is 2.22. The van der Waals surface area contributed by atoms with E-state index in [1.165, 1.54) is 16.7 Å². The number of phenolic OH excluding ortho intramolecular Hbond substituents is 1. The van der Waals surface area contributed by atoms with E-state index in [2.05, 4.69) is 69.8 Å². The minimum atomic E-state index is 0.306. The largest absolute Gasteiger partial charge is 0.508 e. The number of aryl methyl sites for hydroxylation is 2. The van der Waals surface area contributed by atoms with Crippen molar-refractivity contribution in [3.05, 3.63) is 114 Å². The van der Waals surface area contributed by atoms with E-state index in [0.717, 1.165) is 62.5 Å². The van der Waals surface area contributed by atoms with Crippen LogP contribution >= 0.6 is 0 Å². The van der Waals surface area contributed by atoms with E-state index >= 15 is 0 Å². The summed E-state index contributed by atoms with van der Waals surface area (Å²) in [7, 11) is 0. The van der Waals surface area contributed by atoms with Crippen LogP contribution in [0.4, 0.5) is 0 Å². The SMILES string of the molecule is Oc1ccc(CCCc2nccc(-c3cccc(CN4CCN[C@H](c5ccccc5)C4)c3)n2)cc1. The number of phenols is 1. The molecule has 35 heavy (non-hydrogen) atoms. The molecule has 4 aromatic rings. The Kier molecular flexibility index (Phi) is 7.47. The van der Waals surface area contributed by atoms with Crippen LogP contribution < -0.4 is 5.32 Å². The standard InChI is InChI=1S/C30H32N4O/c35-27-14-12-23(13-15-27)6-5-11-30-32-17-16-28(33-30)26-10-4-7-24(20-26)21-34-19-18-31-29(22-34)25-8-2-1-3-9-25/h1-4,7-10,12-17,20,29,31,35H,5-6,11,18-19,21-22H2/t29-/m0/s1. The van der Waals surface area contributed by atoms with Gasteiger partial charge in [0.2, 0.25) is 0 Å². The molecular weight excluding hydrogens is 432 g/mol. The van der Waals surface area contributed by atoms with Gasteiger partial charge >= 0.3 is 0 Å². The van der Waals surface area contributed by atoms with Crippen LogP contribution in [0.15, 0.2) is 91.1 Å². The second kappa shape index (κ2) is 11.3. The van der Waals surface area contributed by atoms with Crippen LogP contribution in [0.3, 0.4) is 0 Å². The first kappa shape index (κ1) is 23.2. The molecule has 1 fully saturated rings. The Morgan fingerprint density at radius 1 is 0.886 bits per heavy atom. The van der Waals surface area contributed by atoms with Gasteiger partial charge in [-0.2, -0.15) is 0 Å². The normalized spacial score (nSPS) is 16.3. The zero-order valence-electron chi connectivity index (χ0n) is 20.0. The van der Waals surface area contributed by atoms with Crippen molar-refractivity contribution in [1.29, 1.82) is 0 Å². The summed E-state index contributed by atoms with van der Waals surface area (Å²) in [5.41, 5.74) is 5.99. The summed E-state index contributed by atoms with van der Waals surface area (Å²) < 4.78 is 0. The number of nitrogens with one attached hydrogen (secondary N) is 1. The Morgan fingerprint density at radius 3 is 2.60 bits per heavy atom. The number of aromatic hydroxyl groups is 1. The van der Waals surface area contributed by atoms with Gasteiger partial charge in [-0.15, -0.1) is 0 Å². The summed E-state index contributed by atoms with van der Waals surface area (Å²) in [5.74, 6) is 1.18. The molecule has 0 saturated carbocycles. The number of hydrogen-bond acceptors (Lipinski definition) is 5. The fraction of sp³-hybridized carbons (Fsp3) is 0.267. The van der Waals surface area contributed by atoms with Crippen LogP contribution in [-0.4, -0.2) is 39.6 Å². The number of aromatic nitrogens is 2. The molecular formula is C30H32N4O. The third kappa shape index (κ3) is 6.32. The van der Waals surface area contributed by atoms with Gasteiger partial charge in [-0.3, -0.25) is 4.90 Å². The maximum absolute atomic E-state index is 9.44. The molecule has 5 heteroatoms. The van der Waals surface area contributed by atoms with Crippen molar-refractivity contribution in [2.45, 2.75) is 31.8 Å². The minimum absolute atomic E-state index is 0.306. The second-order valence-electron chi connectivity index (χ2n) is 9.23. The molecule has 1 aliphatic rings. The Balaban J connectivity index is 1.21. The second-order valence-corrected chi connectivity index (χ2v) is 9.23. The monoisotopic (exact) mass is 464 g/mol. The Hall–Kier alpha value is -3.54. The molecule has 0 bridgehead atoms. The molecule has 5 nitrogen and oxygen atoms in total. The van der Waals surface area contributed by atoms with Crippen LogP contribution in [0, 0.1) is 0 Å². The Bertz CT molecular complexity index is 1230. The van der Waals surface area contributed by atoms with Gasteiger partial charge in [0.05, 0.1) is 5.69 Å². The quantitative estimate of drug-likeness (QED) is 0.377. The number of hydrogen-bond donors (Lipinski definition) is 2. The predicted octanol–water partition coefficient (Wildman–Crippen LogP) is 5.17. The third-order valence-corrected chi connectivity index (χ3v) is 6.60. The van der Waals surface area contributed by atoms with Crippen molar-refractivity contribution >= 4 is 0 Å². The van der Waals surface area contributed by atoms with Crippen molar-refractivity contribution in [1.82, 2.24) is 20.2 Å². The molecule has 3 aromatic carbocycles. The van der Waals surface area contributed by atoms with Crippen molar-refractivity contribution in [2.75, 3.05) is 19.6 Å². The van der Waals surface area contributed by atoms with Gasteiger partial charge < -0.3 is 10.4 Å². The molecule has 0 unspecified atom stereocenters. The molecule has 178 valence electrons. The molecule has 1 aliphatic heterocycles. The summed E-state index contributed by atoms with van der Waals surface area (Å²) in [4.78, 5) is 11.9. The Morgan fingerprint density at radius 2 is 1.74 bits per heavy atom. The molecule has 0 spiro atoms. The van der Waals surface area contributed by atoms with Gasteiger partial charge in [0.15, 0.2) is 0 Å². The van der Waals surface area contributed by atoms with Crippen LogP contribution in [0.1, 0.15) is 35.0 Å². The third-order valence-electron chi connectivity index (χ3n) is 6.60. The first-order chi connectivity index (χ1) is 17.2. The highest BCUT2D eigenvalue weighted by atomic mass is 16.3. The van der Waals surface area contributed by atoms with Gasteiger partial charge in [-0.1, -0.05) is 60.7 Å². The number of piperazine rings is 1. The summed E-state index contributed by atoms with van der Waals surface area (Å²) in [6.45, 7) is 3.99. The zero-order chi connectivity index (χ0) is 23.9. The fourth-order valence-corrected chi connectivity index (χ4v) is 4.74. The lowest BCUT2D eigenvalue weighted by atomic mass is 10.0. The predicted molar refractivity (Wildman–Crippen MR) is 140 cm³/mol. The fourth-order valence-electron chi connectivity index (χ4n) is 4.74. The van der Waals surface area contributed by atoms with Crippen LogP contribution in [0.5, 0.6) is 5.75 Å². The summed E-state index contributed by atoms with van der Waals surface area (Å²) in [6, 6.07) is 29.3. The molecule has 5 rings (SSSR count). The maximum Gasteiger partial charge on any atom is 0.128 e. The zero-order valence-corrected chi connectivity index (χ0v) is 20.0. The number of nitrogens with zero attached hydrogens (tertiary/aromatic N) is 3. The molecule has 1 atom stereocenters. The van der Waals surface area contributed by atoms with E-state index in [-0.39, 0.29) is 0 Å². The van der Waals surface area contributed by atoms with Gasteiger partial charge in [-0.25, -0.2) is 9.97 Å². The van der Waals surface area contributed by atoms with E-state index in [4.69, 9.17) is 4.98 Å². The van der Waals surface area contributed by atoms with Crippen molar-refractivity contribution in [3.63, 3.8) is 0 Å². The molecule has 0 amide bonds. The molecule has 0 aliphatic carbocycles. The minimum Gasteiger partial charge on any atom is -0.508 e. The van der Waals surface area contributed by atoms with Gasteiger partial charge in [-0.05, 0) is 53.8 Å². The lowest BCUT2D eigenvalue weighted by Gasteiger charge is -2.34. The smallest absolute Gasteiger partial charge is 0.128 e. The Labute approximate surface area is 207 Å². The van der Waals surface area contributed by atoms with E-state index < -0.39 is 0 Å². The summed E-state index contributed by atoms with van der Waals surface area (Å²) in [6.07, 6.45) is 4.61.